The molecule has 2 atom stereocenters. The summed E-state index contributed by atoms with van der Waals surface area (Å²) in [5.74, 6) is 1.29. The minimum absolute atomic E-state index is 0.0732. The minimum atomic E-state index is -0.0852. The first-order valence-corrected chi connectivity index (χ1v) is 6.22. The summed E-state index contributed by atoms with van der Waals surface area (Å²) in [7, 11) is 0. The Balaban J connectivity index is 2.84. The van der Waals surface area contributed by atoms with Gasteiger partial charge in [-0.05, 0) is 46.0 Å². The van der Waals surface area contributed by atoms with E-state index in [0.29, 0.717) is 11.8 Å². The van der Waals surface area contributed by atoms with Crippen molar-refractivity contribution in [3.05, 3.63) is 0 Å². The minimum Gasteiger partial charge on any atom is -0.313 e. The highest BCUT2D eigenvalue weighted by Gasteiger charge is 2.52. The lowest BCUT2D eigenvalue weighted by Crippen LogP contribution is -2.48. The van der Waals surface area contributed by atoms with Gasteiger partial charge in [-0.25, -0.2) is 0 Å². The molecule has 0 spiro atoms. The summed E-state index contributed by atoms with van der Waals surface area (Å²) in [6.45, 7) is 13.2. The van der Waals surface area contributed by atoms with Crippen molar-refractivity contribution in [3.63, 3.8) is 0 Å². The first kappa shape index (κ1) is 13.0. The number of rotatable bonds is 3. The summed E-state index contributed by atoms with van der Waals surface area (Å²) in [6.07, 6.45) is 3.59. The zero-order valence-corrected chi connectivity index (χ0v) is 11.2. The second-order valence-corrected chi connectivity index (χ2v) is 6.35. The Morgan fingerprint density at radius 3 is 2.20 bits per heavy atom. The molecule has 0 bridgehead atoms. The highest BCUT2D eigenvalue weighted by atomic mass is 16.5. The molecule has 90 valence electrons. The SMILES string of the molecule is CCCC(C)C1CC(C)(C)N(O)C1(C)C. The van der Waals surface area contributed by atoms with Gasteiger partial charge in [0.25, 0.3) is 0 Å². The van der Waals surface area contributed by atoms with Gasteiger partial charge >= 0.3 is 0 Å². The normalized spacial score (nSPS) is 31.8. The van der Waals surface area contributed by atoms with Crippen LogP contribution in [-0.4, -0.2) is 21.3 Å². The van der Waals surface area contributed by atoms with Crippen molar-refractivity contribution in [1.29, 1.82) is 0 Å². The van der Waals surface area contributed by atoms with Gasteiger partial charge in [-0.2, -0.15) is 5.06 Å². The number of nitrogens with zero attached hydrogens (tertiary/aromatic N) is 1. The molecule has 2 nitrogen and oxygen atoms in total. The quantitative estimate of drug-likeness (QED) is 0.773. The van der Waals surface area contributed by atoms with E-state index in [0.717, 1.165) is 6.42 Å². The fourth-order valence-corrected chi connectivity index (χ4v) is 3.37. The molecule has 1 saturated heterocycles. The Hall–Kier alpha value is -0.0800. The lowest BCUT2D eigenvalue weighted by molar-refractivity contribution is -0.198. The van der Waals surface area contributed by atoms with Crippen LogP contribution in [-0.2, 0) is 0 Å². The van der Waals surface area contributed by atoms with Crippen LogP contribution in [0.4, 0.5) is 0 Å². The molecule has 1 rings (SSSR count). The van der Waals surface area contributed by atoms with Crippen molar-refractivity contribution >= 4 is 0 Å². The van der Waals surface area contributed by atoms with Crippen LogP contribution in [0.5, 0.6) is 0 Å². The van der Waals surface area contributed by atoms with Gasteiger partial charge in [0.2, 0.25) is 0 Å². The van der Waals surface area contributed by atoms with Crippen LogP contribution in [0.2, 0.25) is 0 Å². The molecule has 0 saturated carbocycles. The van der Waals surface area contributed by atoms with Crippen molar-refractivity contribution in [1.82, 2.24) is 5.06 Å². The second-order valence-electron chi connectivity index (χ2n) is 6.35. The summed E-state index contributed by atoms with van der Waals surface area (Å²) in [5, 5.41) is 11.8. The third-order valence-electron chi connectivity index (χ3n) is 4.18. The van der Waals surface area contributed by atoms with E-state index in [-0.39, 0.29) is 11.1 Å². The number of hydroxylamine groups is 2. The smallest absolute Gasteiger partial charge is 0.0441 e. The molecule has 15 heavy (non-hydrogen) atoms. The van der Waals surface area contributed by atoms with Gasteiger partial charge in [-0.3, -0.25) is 0 Å². The van der Waals surface area contributed by atoms with Gasteiger partial charge < -0.3 is 5.21 Å². The van der Waals surface area contributed by atoms with Gasteiger partial charge in [0.05, 0.1) is 0 Å². The summed E-state index contributed by atoms with van der Waals surface area (Å²) >= 11 is 0. The maximum absolute atomic E-state index is 10.2. The van der Waals surface area contributed by atoms with Crippen molar-refractivity contribution in [2.45, 2.75) is 71.9 Å². The summed E-state index contributed by atoms with van der Waals surface area (Å²) in [6, 6.07) is 0. The Morgan fingerprint density at radius 1 is 1.33 bits per heavy atom. The molecule has 2 unspecified atom stereocenters. The van der Waals surface area contributed by atoms with Gasteiger partial charge in [0.1, 0.15) is 0 Å². The molecule has 1 fully saturated rings. The van der Waals surface area contributed by atoms with Crippen LogP contribution in [0.3, 0.4) is 0 Å². The van der Waals surface area contributed by atoms with Gasteiger partial charge in [0, 0.05) is 11.1 Å². The molecule has 0 radical (unpaired) electrons. The van der Waals surface area contributed by atoms with E-state index >= 15 is 0 Å². The first-order valence-electron chi connectivity index (χ1n) is 6.22. The van der Waals surface area contributed by atoms with E-state index < -0.39 is 0 Å². The van der Waals surface area contributed by atoms with Crippen LogP contribution in [0.25, 0.3) is 0 Å². The van der Waals surface area contributed by atoms with Crippen LogP contribution in [0.15, 0.2) is 0 Å². The van der Waals surface area contributed by atoms with Gasteiger partial charge in [-0.15, -0.1) is 0 Å². The zero-order valence-electron chi connectivity index (χ0n) is 11.2. The Labute approximate surface area is 94.6 Å². The first-order chi connectivity index (χ1) is 6.73. The van der Waals surface area contributed by atoms with Crippen molar-refractivity contribution in [2.24, 2.45) is 11.8 Å². The monoisotopic (exact) mass is 213 g/mol. The second kappa shape index (κ2) is 4.06. The maximum atomic E-state index is 10.2. The van der Waals surface area contributed by atoms with Crippen LogP contribution in [0, 0.1) is 11.8 Å². The predicted octanol–water partition coefficient (Wildman–Crippen LogP) is 3.69. The zero-order chi connectivity index (χ0) is 11.9. The summed E-state index contributed by atoms with van der Waals surface area (Å²) in [4.78, 5) is 0. The maximum Gasteiger partial charge on any atom is 0.0441 e. The Morgan fingerprint density at radius 2 is 1.87 bits per heavy atom. The molecule has 0 aromatic heterocycles. The molecule has 2 heteroatoms. The molecule has 0 aromatic carbocycles. The molecule has 1 N–H and O–H groups in total. The fraction of sp³-hybridized carbons (Fsp3) is 1.00. The molecule has 1 heterocycles. The van der Waals surface area contributed by atoms with Crippen LogP contribution < -0.4 is 0 Å². The lowest BCUT2D eigenvalue weighted by Gasteiger charge is -2.37. The average molecular weight is 213 g/mol. The largest absolute Gasteiger partial charge is 0.313 e. The molecule has 1 aliphatic heterocycles. The van der Waals surface area contributed by atoms with Crippen molar-refractivity contribution < 1.29 is 5.21 Å². The third kappa shape index (κ3) is 2.21. The van der Waals surface area contributed by atoms with Crippen molar-refractivity contribution in [3.8, 4) is 0 Å². The van der Waals surface area contributed by atoms with E-state index in [1.165, 1.54) is 12.8 Å². The fourth-order valence-electron chi connectivity index (χ4n) is 3.37. The number of hydrogen-bond donors (Lipinski definition) is 1. The Bertz CT molecular complexity index is 223. The van der Waals surface area contributed by atoms with E-state index in [4.69, 9.17) is 0 Å². The van der Waals surface area contributed by atoms with E-state index in [9.17, 15) is 5.21 Å². The van der Waals surface area contributed by atoms with Gasteiger partial charge in [-0.1, -0.05) is 26.7 Å². The standard InChI is InChI=1S/C13H27NO/c1-7-8-10(2)11-9-12(3,4)14(15)13(11,5)6/h10-11,15H,7-9H2,1-6H3. The highest BCUT2D eigenvalue weighted by molar-refractivity contribution is 5.03. The predicted molar refractivity (Wildman–Crippen MR) is 64.0 cm³/mol. The average Bonchev–Trinajstić information content (AvgIpc) is 2.27. The van der Waals surface area contributed by atoms with Crippen molar-refractivity contribution in [2.75, 3.05) is 0 Å². The van der Waals surface area contributed by atoms with E-state index in [2.05, 4.69) is 41.5 Å². The molecule has 0 aliphatic carbocycles. The summed E-state index contributed by atoms with van der Waals surface area (Å²) in [5.41, 5.74) is -0.158. The van der Waals surface area contributed by atoms with E-state index in [1.807, 2.05) is 0 Å². The molecular weight excluding hydrogens is 186 g/mol. The number of hydrogen-bond acceptors (Lipinski definition) is 2. The van der Waals surface area contributed by atoms with Crippen LogP contribution >= 0.6 is 0 Å². The van der Waals surface area contributed by atoms with Crippen LogP contribution in [0.1, 0.15) is 60.8 Å². The summed E-state index contributed by atoms with van der Waals surface area (Å²) < 4.78 is 0. The topological polar surface area (TPSA) is 23.5 Å². The molecular formula is C13H27NO. The third-order valence-corrected chi connectivity index (χ3v) is 4.18. The molecule has 1 aliphatic rings. The Kier molecular flexibility index (Phi) is 3.52. The molecule has 0 amide bonds. The highest BCUT2D eigenvalue weighted by Crippen LogP contribution is 2.47. The van der Waals surface area contributed by atoms with E-state index in [1.54, 1.807) is 5.06 Å². The molecule has 0 aromatic rings. The lowest BCUT2D eigenvalue weighted by atomic mass is 9.76. The van der Waals surface area contributed by atoms with Gasteiger partial charge in [0.15, 0.2) is 0 Å².